The van der Waals surface area contributed by atoms with Crippen molar-refractivity contribution in [2.75, 3.05) is 6.61 Å². The first-order valence-corrected chi connectivity index (χ1v) is 14.1. The van der Waals surface area contributed by atoms with E-state index in [1.807, 2.05) is 19.9 Å². The summed E-state index contributed by atoms with van der Waals surface area (Å²) in [5.74, 6) is 1.02. The van der Waals surface area contributed by atoms with Gasteiger partial charge in [0.15, 0.2) is 0 Å². The van der Waals surface area contributed by atoms with Crippen LogP contribution in [-0.2, 0) is 4.74 Å². The molecule has 1 atom stereocenters. The van der Waals surface area contributed by atoms with Gasteiger partial charge in [-0.2, -0.15) is 0 Å². The number of hydrogen-bond acceptors (Lipinski definition) is 3. The lowest BCUT2D eigenvalue weighted by molar-refractivity contribution is 0.216. The summed E-state index contributed by atoms with van der Waals surface area (Å²) in [7, 11) is 0. The Balaban J connectivity index is -0.000000593. The van der Waals surface area contributed by atoms with Gasteiger partial charge in [0.2, 0.25) is 0 Å². The monoisotopic (exact) mass is 481 g/mol. The van der Waals surface area contributed by atoms with E-state index in [0.29, 0.717) is 0 Å². The summed E-state index contributed by atoms with van der Waals surface area (Å²) >= 11 is 0. The Bertz CT molecular complexity index is 404. The quantitative estimate of drug-likeness (QED) is 0.151. The third-order valence-corrected chi connectivity index (χ3v) is 5.62. The predicted molar refractivity (Wildman–Crippen MR) is 159 cm³/mol. The number of unbranched alkanes of at least 4 members (excludes halogenated alkanes) is 15. The lowest BCUT2D eigenvalue weighted by atomic mass is 10.0. The molecule has 0 amide bonds. The van der Waals surface area contributed by atoms with Crippen molar-refractivity contribution in [3.05, 3.63) is 50.3 Å². The minimum atomic E-state index is 0. The van der Waals surface area contributed by atoms with Crippen LogP contribution in [0.4, 0.5) is 0 Å². The maximum absolute atomic E-state index is 5.92. The number of nitrogens with two attached hydrogens (primary N) is 1. The maximum Gasteiger partial charge on any atom is 0.115 e. The molecule has 1 unspecified atom stereocenters. The van der Waals surface area contributed by atoms with Crippen LogP contribution in [0.1, 0.15) is 136 Å². The summed E-state index contributed by atoms with van der Waals surface area (Å²) in [5.41, 5.74) is 5.92. The molecule has 1 aliphatic carbocycles. The molecule has 0 aromatic carbocycles. The zero-order valence-corrected chi connectivity index (χ0v) is 23.8. The molecule has 0 heterocycles. The molecule has 1 rings (SSSR count). The molecule has 3 nitrogen and oxygen atoms in total. The molecule has 204 valence electrons. The fraction of sp³-hybridized carbons (Fsp3) is 0.742. The van der Waals surface area contributed by atoms with E-state index in [1.165, 1.54) is 103 Å². The van der Waals surface area contributed by atoms with Crippen LogP contribution in [0.25, 0.3) is 0 Å². The van der Waals surface area contributed by atoms with Crippen LogP contribution < -0.4 is 11.9 Å². The van der Waals surface area contributed by atoms with Gasteiger partial charge in [-0.3, -0.25) is 0 Å². The van der Waals surface area contributed by atoms with Gasteiger partial charge < -0.3 is 16.6 Å². The highest BCUT2D eigenvalue weighted by Gasteiger charge is 2.03. The third kappa shape index (κ3) is 32.9. The minimum Gasteiger partial charge on any atom is -0.494 e. The van der Waals surface area contributed by atoms with Gasteiger partial charge >= 0.3 is 0 Å². The topological polar surface area (TPSA) is 70.2 Å². The molecule has 0 bridgehead atoms. The Labute approximate surface area is 216 Å². The molecule has 0 aromatic heterocycles. The first-order chi connectivity index (χ1) is 16.3. The molecule has 3 heteroatoms. The summed E-state index contributed by atoms with van der Waals surface area (Å²) in [5, 5.41) is 0. The normalized spacial score (nSPS) is 13.9. The van der Waals surface area contributed by atoms with Crippen molar-refractivity contribution in [1.82, 2.24) is 6.15 Å². The Morgan fingerprint density at radius 1 is 0.735 bits per heavy atom. The van der Waals surface area contributed by atoms with E-state index < -0.39 is 0 Å². The van der Waals surface area contributed by atoms with Crippen LogP contribution in [0.2, 0.25) is 0 Å². The Hall–Kier alpha value is -1.32. The molecule has 0 saturated heterocycles. The Morgan fingerprint density at radius 3 is 1.53 bits per heavy atom. The van der Waals surface area contributed by atoms with Crippen molar-refractivity contribution < 1.29 is 4.74 Å². The van der Waals surface area contributed by atoms with Crippen LogP contribution in [0.3, 0.4) is 0 Å². The Kier molecular flexibility index (Phi) is 45.6. The van der Waals surface area contributed by atoms with Gasteiger partial charge in [-0.05, 0) is 31.4 Å². The molecule has 0 fully saturated rings. The minimum absolute atomic E-state index is 0. The predicted octanol–water partition coefficient (Wildman–Crippen LogP) is 10.6. The highest BCUT2D eigenvalue weighted by Crippen LogP contribution is 2.15. The fourth-order valence-corrected chi connectivity index (χ4v) is 3.75. The average Bonchev–Trinajstić information content (AvgIpc) is 3.08. The third-order valence-electron chi connectivity index (χ3n) is 5.62. The van der Waals surface area contributed by atoms with Crippen molar-refractivity contribution >= 4 is 0 Å². The lowest BCUT2D eigenvalue weighted by Gasteiger charge is -2.06. The van der Waals surface area contributed by atoms with Crippen molar-refractivity contribution in [2.24, 2.45) is 5.73 Å². The standard InChI is InChI=1S/C25H47NO.C2H6.2C2H4.H3N/c1-2-3-4-5-6-7-8-9-10-11-12-13-14-15-16-17-23-27-25-20-18-19-24(26)21-22-25;3*1-2;/h20-22,24H,2-19,23,26H2,1H3;1-2H3;2*1-2H2;1H3. The first kappa shape index (κ1) is 39.9. The largest absolute Gasteiger partial charge is 0.494 e. The van der Waals surface area contributed by atoms with Gasteiger partial charge in [0.1, 0.15) is 5.76 Å². The van der Waals surface area contributed by atoms with Crippen LogP contribution in [0.5, 0.6) is 0 Å². The number of hydrogen-bond donors (Lipinski definition) is 2. The lowest BCUT2D eigenvalue weighted by Crippen LogP contribution is -2.15. The average molecular weight is 481 g/mol. The second kappa shape index (κ2) is 38.9. The van der Waals surface area contributed by atoms with Crippen LogP contribution in [0, 0.1) is 0 Å². The van der Waals surface area contributed by atoms with E-state index in [4.69, 9.17) is 10.5 Å². The summed E-state index contributed by atoms with van der Waals surface area (Å²) in [4.78, 5) is 0. The van der Waals surface area contributed by atoms with E-state index in [-0.39, 0.29) is 12.2 Å². The van der Waals surface area contributed by atoms with Gasteiger partial charge in [-0.1, -0.05) is 123 Å². The molecular formula is C31H64N2O. The van der Waals surface area contributed by atoms with Crippen molar-refractivity contribution in [2.45, 2.75) is 142 Å². The van der Waals surface area contributed by atoms with Crippen molar-refractivity contribution in [1.29, 1.82) is 0 Å². The maximum atomic E-state index is 5.92. The molecule has 0 saturated carbocycles. The second-order valence-corrected chi connectivity index (χ2v) is 8.36. The molecular weight excluding hydrogens is 416 g/mol. The first-order valence-electron chi connectivity index (χ1n) is 14.1. The van der Waals surface area contributed by atoms with E-state index >= 15 is 0 Å². The van der Waals surface area contributed by atoms with E-state index in [0.717, 1.165) is 25.2 Å². The van der Waals surface area contributed by atoms with Crippen LogP contribution in [-0.4, -0.2) is 12.6 Å². The van der Waals surface area contributed by atoms with Crippen LogP contribution in [0.15, 0.2) is 50.3 Å². The van der Waals surface area contributed by atoms with Gasteiger partial charge in [-0.15, -0.1) is 26.3 Å². The van der Waals surface area contributed by atoms with E-state index in [9.17, 15) is 0 Å². The highest BCUT2D eigenvalue weighted by molar-refractivity contribution is 5.16. The number of rotatable bonds is 18. The van der Waals surface area contributed by atoms with E-state index in [1.54, 1.807) is 0 Å². The SMILES string of the molecule is C=C.C=C.CC.CCCCCCCCCCCCCCCCCCOC1=CCCC(N)C=C1.N. The highest BCUT2D eigenvalue weighted by atomic mass is 16.5. The van der Waals surface area contributed by atoms with Crippen LogP contribution >= 0.6 is 0 Å². The molecule has 5 N–H and O–H groups in total. The zero-order chi connectivity index (χ0) is 25.4. The number of ether oxygens (including phenoxy) is 1. The summed E-state index contributed by atoms with van der Waals surface area (Å²) < 4.78 is 5.85. The van der Waals surface area contributed by atoms with Gasteiger partial charge in [0.25, 0.3) is 0 Å². The smallest absolute Gasteiger partial charge is 0.115 e. The second-order valence-electron chi connectivity index (χ2n) is 8.36. The van der Waals surface area contributed by atoms with Gasteiger partial charge in [0.05, 0.1) is 6.61 Å². The molecule has 0 radical (unpaired) electrons. The summed E-state index contributed by atoms with van der Waals surface area (Å²) in [6.07, 6.45) is 30.9. The van der Waals surface area contributed by atoms with E-state index in [2.05, 4.69) is 45.4 Å². The number of allylic oxidation sites excluding steroid dienone is 2. The summed E-state index contributed by atoms with van der Waals surface area (Å²) in [6, 6.07) is 0.192. The molecule has 34 heavy (non-hydrogen) atoms. The molecule has 0 spiro atoms. The zero-order valence-electron chi connectivity index (χ0n) is 23.8. The van der Waals surface area contributed by atoms with Crippen molar-refractivity contribution in [3.8, 4) is 0 Å². The molecule has 0 aromatic rings. The van der Waals surface area contributed by atoms with Crippen molar-refractivity contribution in [3.63, 3.8) is 0 Å². The molecule has 0 aliphatic heterocycles. The fourth-order valence-electron chi connectivity index (χ4n) is 3.75. The summed E-state index contributed by atoms with van der Waals surface area (Å²) in [6.45, 7) is 19.1. The molecule has 1 aliphatic rings. The Morgan fingerprint density at radius 2 is 1.12 bits per heavy atom. The van der Waals surface area contributed by atoms with Gasteiger partial charge in [-0.25, -0.2) is 0 Å². The van der Waals surface area contributed by atoms with Gasteiger partial charge in [0, 0.05) is 6.04 Å².